The molecule has 0 saturated carbocycles. The van der Waals surface area contributed by atoms with E-state index in [0.29, 0.717) is 19.6 Å². The lowest BCUT2D eigenvalue weighted by Gasteiger charge is -2.24. The van der Waals surface area contributed by atoms with E-state index in [2.05, 4.69) is 0 Å². The van der Waals surface area contributed by atoms with Gasteiger partial charge in [-0.1, -0.05) is 30.3 Å². The largest absolute Gasteiger partial charge is 0.465 e. The number of ether oxygens (including phenoxy) is 1. The number of aliphatic hydroxyl groups excluding tert-OH is 1. The van der Waals surface area contributed by atoms with Gasteiger partial charge in [-0.2, -0.15) is 0 Å². The van der Waals surface area contributed by atoms with Crippen LogP contribution in [0.2, 0.25) is 0 Å². The Kier molecular flexibility index (Phi) is 4.17. The summed E-state index contributed by atoms with van der Waals surface area (Å²) in [4.78, 5) is 12.2. The summed E-state index contributed by atoms with van der Waals surface area (Å²) in [7, 11) is 0. The number of hydrogen-bond donors (Lipinski definition) is 2. The molecule has 1 fully saturated rings. The van der Waals surface area contributed by atoms with Gasteiger partial charge in [-0.05, 0) is 12.0 Å². The zero-order chi connectivity index (χ0) is 13.0. The van der Waals surface area contributed by atoms with Crippen LogP contribution in [0.5, 0.6) is 0 Å². The predicted molar refractivity (Wildman–Crippen MR) is 65.2 cm³/mol. The molecule has 1 aliphatic rings. The van der Waals surface area contributed by atoms with Gasteiger partial charge >= 0.3 is 6.09 Å². The number of benzene rings is 1. The molecule has 1 heterocycles. The van der Waals surface area contributed by atoms with Crippen LogP contribution in [0.3, 0.4) is 0 Å². The minimum absolute atomic E-state index is 0.203. The SMILES string of the molecule is O=C(O)N1CCC(OCc2ccccc2)C1CO. The molecule has 2 unspecified atom stereocenters. The van der Waals surface area contributed by atoms with Crippen LogP contribution in [0.25, 0.3) is 0 Å². The van der Waals surface area contributed by atoms with Crippen LogP contribution in [0.15, 0.2) is 30.3 Å². The first-order chi connectivity index (χ1) is 8.72. The zero-order valence-corrected chi connectivity index (χ0v) is 10.0. The molecule has 0 aromatic heterocycles. The summed E-state index contributed by atoms with van der Waals surface area (Å²) < 4.78 is 5.71. The summed E-state index contributed by atoms with van der Waals surface area (Å²) in [6.45, 7) is 0.654. The van der Waals surface area contributed by atoms with E-state index in [4.69, 9.17) is 9.84 Å². The smallest absolute Gasteiger partial charge is 0.407 e. The molecule has 2 atom stereocenters. The van der Waals surface area contributed by atoms with Gasteiger partial charge in [0.2, 0.25) is 0 Å². The highest BCUT2D eigenvalue weighted by atomic mass is 16.5. The van der Waals surface area contributed by atoms with E-state index in [1.165, 1.54) is 4.90 Å². The van der Waals surface area contributed by atoms with E-state index in [1.54, 1.807) is 0 Å². The summed E-state index contributed by atoms with van der Waals surface area (Å²) >= 11 is 0. The third kappa shape index (κ3) is 2.80. The van der Waals surface area contributed by atoms with Crippen LogP contribution in [-0.2, 0) is 11.3 Å². The summed E-state index contributed by atoms with van der Waals surface area (Å²) in [5, 5.41) is 18.2. The Bertz CT molecular complexity index is 395. The van der Waals surface area contributed by atoms with Crippen molar-refractivity contribution in [2.24, 2.45) is 0 Å². The zero-order valence-electron chi connectivity index (χ0n) is 10.0. The summed E-state index contributed by atoms with van der Waals surface area (Å²) in [6, 6.07) is 9.25. The fourth-order valence-electron chi connectivity index (χ4n) is 2.25. The molecular formula is C13H17NO4. The molecule has 0 aliphatic carbocycles. The molecule has 1 aliphatic heterocycles. The van der Waals surface area contributed by atoms with Crippen molar-refractivity contribution in [1.29, 1.82) is 0 Å². The molecular weight excluding hydrogens is 234 g/mol. The monoisotopic (exact) mass is 251 g/mol. The maximum Gasteiger partial charge on any atom is 0.407 e. The van der Waals surface area contributed by atoms with Crippen LogP contribution in [0.1, 0.15) is 12.0 Å². The predicted octanol–water partition coefficient (Wildman–Crippen LogP) is 1.32. The van der Waals surface area contributed by atoms with Crippen LogP contribution in [-0.4, -0.2) is 46.5 Å². The van der Waals surface area contributed by atoms with Crippen molar-refractivity contribution in [2.45, 2.75) is 25.2 Å². The Balaban J connectivity index is 1.92. The molecule has 0 radical (unpaired) electrons. The topological polar surface area (TPSA) is 70.0 Å². The maximum absolute atomic E-state index is 10.9. The van der Waals surface area contributed by atoms with Crippen molar-refractivity contribution < 1.29 is 19.7 Å². The Labute approximate surface area is 106 Å². The lowest BCUT2D eigenvalue weighted by atomic mass is 10.2. The second-order valence-corrected chi connectivity index (χ2v) is 4.35. The molecule has 1 aromatic carbocycles. The Hall–Kier alpha value is -1.59. The molecule has 18 heavy (non-hydrogen) atoms. The Morgan fingerprint density at radius 1 is 1.39 bits per heavy atom. The summed E-state index contributed by atoms with van der Waals surface area (Å²) in [5.74, 6) is 0. The van der Waals surface area contributed by atoms with E-state index in [-0.39, 0.29) is 12.7 Å². The van der Waals surface area contributed by atoms with Gasteiger partial charge in [-0.25, -0.2) is 4.79 Å². The van der Waals surface area contributed by atoms with Crippen molar-refractivity contribution in [3.05, 3.63) is 35.9 Å². The minimum Gasteiger partial charge on any atom is -0.465 e. The molecule has 1 amide bonds. The Morgan fingerprint density at radius 2 is 2.11 bits per heavy atom. The van der Waals surface area contributed by atoms with Crippen LogP contribution in [0.4, 0.5) is 4.79 Å². The second-order valence-electron chi connectivity index (χ2n) is 4.35. The van der Waals surface area contributed by atoms with Crippen molar-refractivity contribution in [1.82, 2.24) is 4.90 Å². The highest BCUT2D eigenvalue weighted by Crippen LogP contribution is 2.22. The normalized spacial score (nSPS) is 23.3. The van der Waals surface area contributed by atoms with E-state index in [0.717, 1.165) is 5.56 Å². The standard InChI is InChI=1S/C13H17NO4/c15-8-11-12(6-7-14(11)13(16)17)18-9-10-4-2-1-3-5-10/h1-5,11-12,15H,6-9H2,(H,16,17). The van der Waals surface area contributed by atoms with Gasteiger partial charge in [-0.15, -0.1) is 0 Å². The third-order valence-corrected chi connectivity index (χ3v) is 3.22. The molecule has 0 spiro atoms. The number of carbonyl (C=O) groups is 1. The average Bonchev–Trinajstić information content (AvgIpc) is 2.80. The number of amides is 1. The molecule has 1 saturated heterocycles. The van der Waals surface area contributed by atoms with Crippen LogP contribution in [0, 0.1) is 0 Å². The van der Waals surface area contributed by atoms with Crippen molar-refractivity contribution in [3.8, 4) is 0 Å². The highest BCUT2D eigenvalue weighted by Gasteiger charge is 2.37. The van der Waals surface area contributed by atoms with Gasteiger partial charge in [0.25, 0.3) is 0 Å². The van der Waals surface area contributed by atoms with Crippen molar-refractivity contribution in [2.75, 3.05) is 13.2 Å². The van der Waals surface area contributed by atoms with Gasteiger partial charge in [0.15, 0.2) is 0 Å². The quantitative estimate of drug-likeness (QED) is 0.846. The number of likely N-dealkylation sites (tertiary alicyclic amines) is 1. The summed E-state index contributed by atoms with van der Waals surface area (Å²) in [5.41, 5.74) is 1.04. The number of carboxylic acid groups (broad SMARTS) is 1. The van der Waals surface area contributed by atoms with Gasteiger partial charge in [0.1, 0.15) is 0 Å². The van der Waals surface area contributed by atoms with Crippen LogP contribution < -0.4 is 0 Å². The third-order valence-electron chi connectivity index (χ3n) is 3.22. The van der Waals surface area contributed by atoms with Gasteiger partial charge in [0, 0.05) is 6.54 Å². The summed E-state index contributed by atoms with van der Waals surface area (Å²) in [6.07, 6.45) is -0.601. The van der Waals surface area contributed by atoms with E-state index >= 15 is 0 Å². The van der Waals surface area contributed by atoms with Crippen molar-refractivity contribution >= 4 is 6.09 Å². The molecule has 98 valence electrons. The number of rotatable bonds is 4. The van der Waals surface area contributed by atoms with Crippen molar-refractivity contribution in [3.63, 3.8) is 0 Å². The number of hydrogen-bond acceptors (Lipinski definition) is 3. The fraction of sp³-hybridized carbons (Fsp3) is 0.462. The first kappa shape index (κ1) is 12.9. The van der Waals surface area contributed by atoms with Gasteiger partial charge in [-0.3, -0.25) is 0 Å². The average molecular weight is 251 g/mol. The maximum atomic E-state index is 10.9. The minimum atomic E-state index is -1.00. The highest BCUT2D eigenvalue weighted by molar-refractivity contribution is 5.66. The molecule has 0 bridgehead atoms. The van der Waals surface area contributed by atoms with Gasteiger partial charge < -0.3 is 19.8 Å². The first-order valence-electron chi connectivity index (χ1n) is 5.98. The number of aliphatic hydroxyl groups is 1. The van der Waals surface area contributed by atoms with E-state index in [9.17, 15) is 9.90 Å². The fourth-order valence-corrected chi connectivity index (χ4v) is 2.25. The molecule has 2 N–H and O–H groups in total. The van der Waals surface area contributed by atoms with E-state index < -0.39 is 12.1 Å². The molecule has 1 aromatic rings. The van der Waals surface area contributed by atoms with E-state index in [1.807, 2.05) is 30.3 Å². The molecule has 5 nitrogen and oxygen atoms in total. The molecule has 5 heteroatoms. The number of nitrogens with zero attached hydrogens (tertiary/aromatic N) is 1. The second kappa shape index (κ2) is 5.84. The lowest BCUT2D eigenvalue weighted by molar-refractivity contribution is 0.000332. The lowest BCUT2D eigenvalue weighted by Crippen LogP contribution is -2.42. The molecule has 2 rings (SSSR count). The first-order valence-corrected chi connectivity index (χ1v) is 5.98. The van der Waals surface area contributed by atoms with Gasteiger partial charge in [0.05, 0.1) is 25.4 Å². The Morgan fingerprint density at radius 3 is 2.72 bits per heavy atom. The van der Waals surface area contributed by atoms with Crippen LogP contribution >= 0.6 is 0 Å².